The molecular formula is C19H23N7O3S2. The number of fused-ring (bicyclic) bond motifs is 1. The molecule has 2 aromatic rings. The zero-order chi connectivity index (χ0) is 22.1. The third-order valence-corrected chi connectivity index (χ3v) is 7.23. The van der Waals surface area contributed by atoms with Crippen LogP contribution in [0, 0.1) is 12.8 Å². The summed E-state index contributed by atoms with van der Waals surface area (Å²) in [6, 6.07) is 9.36. The van der Waals surface area contributed by atoms with Crippen LogP contribution in [0.3, 0.4) is 0 Å². The van der Waals surface area contributed by atoms with Crippen molar-refractivity contribution in [1.82, 2.24) is 30.6 Å². The molecule has 0 bridgehead atoms. The Morgan fingerprint density at radius 2 is 1.94 bits per heavy atom. The lowest BCUT2D eigenvalue weighted by Gasteiger charge is -2.50. The number of aryl methyl sites for hydroxylation is 1. The van der Waals surface area contributed by atoms with Crippen molar-refractivity contribution in [1.29, 1.82) is 0 Å². The number of hydrogen-bond donors (Lipinski definition) is 3. The molecule has 0 aliphatic carbocycles. The fourth-order valence-corrected chi connectivity index (χ4v) is 5.42. The van der Waals surface area contributed by atoms with Gasteiger partial charge in [0.1, 0.15) is 5.01 Å². The van der Waals surface area contributed by atoms with Gasteiger partial charge in [-0.15, -0.1) is 22.0 Å². The van der Waals surface area contributed by atoms with E-state index < -0.39 is 12.1 Å². The molecule has 0 radical (unpaired) electrons. The Hall–Kier alpha value is -2.54. The Bertz CT molecular complexity index is 986. The number of carbonyl (C=O) groups excluding carboxylic acids is 3. The second-order valence-corrected chi connectivity index (χ2v) is 9.66. The zero-order valence-electron chi connectivity index (χ0n) is 17.2. The number of imide groups is 1. The van der Waals surface area contributed by atoms with Crippen LogP contribution in [0.1, 0.15) is 16.7 Å². The minimum absolute atomic E-state index is 0.121. The Morgan fingerprint density at radius 3 is 2.61 bits per heavy atom. The molecule has 2 saturated heterocycles. The summed E-state index contributed by atoms with van der Waals surface area (Å²) in [5, 5.41) is 18.2. The van der Waals surface area contributed by atoms with Crippen LogP contribution in [-0.2, 0) is 9.59 Å². The SMILES string of the molecule is Cc1nnc(NC(=O)CSC2NC(c3ccccc3)NC3C2C(=O)N(C)C(=O)N3C)s1. The fourth-order valence-electron chi connectivity index (χ4n) is 3.70. The maximum atomic E-state index is 13.0. The van der Waals surface area contributed by atoms with Gasteiger partial charge in [-0.05, 0) is 12.5 Å². The number of amides is 4. The largest absolute Gasteiger partial charge is 0.327 e. The van der Waals surface area contributed by atoms with Crippen molar-refractivity contribution >= 4 is 46.1 Å². The van der Waals surface area contributed by atoms with Gasteiger partial charge in [0, 0.05) is 14.1 Å². The normalized spacial score (nSPS) is 26.0. The van der Waals surface area contributed by atoms with Crippen LogP contribution in [0.5, 0.6) is 0 Å². The van der Waals surface area contributed by atoms with Gasteiger partial charge in [0.05, 0.1) is 29.4 Å². The third-order valence-electron chi connectivity index (χ3n) is 5.26. The number of nitrogens with one attached hydrogen (secondary N) is 3. The molecule has 4 atom stereocenters. The van der Waals surface area contributed by atoms with Crippen molar-refractivity contribution in [3.05, 3.63) is 40.9 Å². The van der Waals surface area contributed by atoms with Crippen molar-refractivity contribution in [3.8, 4) is 0 Å². The first-order chi connectivity index (χ1) is 14.8. The topological polar surface area (TPSA) is 120 Å². The summed E-state index contributed by atoms with van der Waals surface area (Å²) in [4.78, 5) is 40.6. The number of aromatic nitrogens is 2. The van der Waals surface area contributed by atoms with E-state index in [0.717, 1.165) is 15.5 Å². The zero-order valence-corrected chi connectivity index (χ0v) is 18.9. The summed E-state index contributed by atoms with van der Waals surface area (Å²) in [6.45, 7) is 1.81. The predicted molar refractivity (Wildman–Crippen MR) is 118 cm³/mol. The second kappa shape index (κ2) is 8.91. The smallest absolute Gasteiger partial charge is 0.311 e. The van der Waals surface area contributed by atoms with E-state index in [2.05, 4.69) is 26.1 Å². The monoisotopic (exact) mass is 461 g/mol. The molecule has 10 nitrogen and oxygen atoms in total. The van der Waals surface area contributed by atoms with Gasteiger partial charge in [0.25, 0.3) is 0 Å². The molecule has 3 N–H and O–H groups in total. The Morgan fingerprint density at radius 1 is 1.19 bits per heavy atom. The number of thioether (sulfide) groups is 1. The van der Waals surface area contributed by atoms with E-state index in [1.807, 2.05) is 37.3 Å². The van der Waals surface area contributed by atoms with E-state index in [0.29, 0.717) is 5.13 Å². The quantitative estimate of drug-likeness (QED) is 0.608. The van der Waals surface area contributed by atoms with Crippen molar-refractivity contribution in [2.45, 2.75) is 24.6 Å². The highest BCUT2D eigenvalue weighted by molar-refractivity contribution is 8.00. The molecular weight excluding hydrogens is 438 g/mol. The molecule has 3 heterocycles. The number of hydrogen-bond acceptors (Lipinski definition) is 9. The molecule has 1 aromatic carbocycles. The van der Waals surface area contributed by atoms with E-state index in [1.54, 1.807) is 11.9 Å². The summed E-state index contributed by atoms with van der Waals surface area (Å²) in [5.74, 6) is -0.933. The highest BCUT2D eigenvalue weighted by Gasteiger charge is 2.51. The molecule has 2 aliphatic heterocycles. The van der Waals surface area contributed by atoms with Crippen molar-refractivity contribution < 1.29 is 14.4 Å². The van der Waals surface area contributed by atoms with E-state index in [1.165, 1.54) is 30.1 Å². The number of nitrogens with zero attached hydrogens (tertiary/aromatic N) is 4. The molecule has 4 unspecified atom stereocenters. The summed E-state index contributed by atoms with van der Waals surface area (Å²) < 4.78 is 0. The molecule has 12 heteroatoms. The number of anilines is 1. The lowest BCUT2D eigenvalue weighted by atomic mass is 9.96. The van der Waals surface area contributed by atoms with Crippen molar-refractivity contribution in [3.63, 3.8) is 0 Å². The van der Waals surface area contributed by atoms with Crippen LogP contribution in [-0.4, -0.2) is 69.2 Å². The van der Waals surface area contributed by atoms with Gasteiger partial charge in [-0.3, -0.25) is 30.4 Å². The summed E-state index contributed by atoms with van der Waals surface area (Å²) in [7, 11) is 3.16. The van der Waals surface area contributed by atoms with E-state index >= 15 is 0 Å². The number of carbonyl (C=O) groups is 3. The van der Waals surface area contributed by atoms with Crippen molar-refractivity contribution in [2.24, 2.45) is 5.92 Å². The highest BCUT2D eigenvalue weighted by Crippen LogP contribution is 2.34. The van der Waals surface area contributed by atoms with Gasteiger partial charge in [0.15, 0.2) is 0 Å². The number of urea groups is 1. The van der Waals surface area contributed by atoms with Crippen molar-refractivity contribution in [2.75, 3.05) is 25.2 Å². The van der Waals surface area contributed by atoms with E-state index in [4.69, 9.17) is 0 Å². The first-order valence-electron chi connectivity index (χ1n) is 9.68. The van der Waals surface area contributed by atoms with Gasteiger partial charge in [-0.25, -0.2) is 4.79 Å². The molecule has 4 rings (SSSR count). The fraction of sp³-hybridized carbons (Fsp3) is 0.421. The average Bonchev–Trinajstić information content (AvgIpc) is 3.19. The van der Waals surface area contributed by atoms with Crippen LogP contribution < -0.4 is 16.0 Å². The lowest BCUT2D eigenvalue weighted by molar-refractivity contribution is -0.140. The van der Waals surface area contributed by atoms with Crippen LogP contribution in [0.15, 0.2) is 30.3 Å². The molecule has 164 valence electrons. The van der Waals surface area contributed by atoms with E-state index in [9.17, 15) is 14.4 Å². The number of rotatable bonds is 5. The first kappa shape index (κ1) is 21.7. The Kier molecular flexibility index (Phi) is 6.23. The van der Waals surface area contributed by atoms with Gasteiger partial charge in [-0.2, -0.15) is 0 Å². The highest BCUT2D eigenvalue weighted by atomic mass is 32.2. The molecule has 4 amide bonds. The summed E-state index contributed by atoms with van der Waals surface area (Å²) in [6.07, 6.45) is -0.769. The summed E-state index contributed by atoms with van der Waals surface area (Å²) >= 11 is 2.63. The molecule has 0 spiro atoms. The summed E-state index contributed by atoms with van der Waals surface area (Å²) in [5.41, 5.74) is 0.979. The standard InChI is InChI=1S/C19H23N7O3S2/c1-10-23-24-18(31-10)20-12(27)9-30-16-13-15(25(2)19(29)26(3)17(13)28)21-14(22-16)11-7-5-4-6-8-11/h4-8,13-16,21-22H,9H2,1-3H3,(H,20,24,27). The van der Waals surface area contributed by atoms with Gasteiger partial charge >= 0.3 is 6.03 Å². The lowest BCUT2D eigenvalue weighted by Crippen LogP contribution is -2.72. The van der Waals surface area contributed by atoms with Crippen LogP contribution in [0.4, 0.5) is 9.93 Å². The van der Waals surface area contributed by atoms with Gasteiger partial charge in [-0.1, -0.05) is 41.7 Å². The van der Waals surface area contributed by atoms with E-state index in [-0.39, 0.29) is 35.1 Å². The molecule has 0 saturated carbocycles. The molecule has 1 aromatic heterocycles. The molecule has 2 aliphatic rings. The maximum Gasteiger partial charge on any atom is 0.327 e. The predicted octanol–water partition coefficient (Wildman–Crippen LogP) is 1.20. The second-order valence-electron chi connectivity index (χ2n) is 7.34. The van der Waals surface area contributed by atoms with Gasteiger partial charge < -0.3 is 4.90 Å². The Labute approximate surface area is 187 Å². The van der Waals surface area contributed by atoms with Crippen LogP contribution >= 0.6 is 23.1 Å². The average molecular weight is 462 g/mol. The van der Waals surface area contributed by atoms with Crippen LogP contribution in [0.25, 0.3) is 0 Å². The minimum atomic E-state index is -0.547. The minimum Gasteiger partial charge on any atom is -0.311 e. The molecule has 2 fully saturated rings. The first-order valence-corrected chi connectivity index (χ1v) is 11.5. The Balaban J connectivity index is 1.53. The van der Waals surface area contributed by atoms with Crippen LogP contribution in [0.2, 0.25) is 0 Å². The maximum absolute atomic E-state index is 13.0. The van der Waals surface area contributed by atoms with Gasteiger partial charge in [0.2, 0.25) is 16.9 Å². The molecule has 31 heavy (non-hydrogen) atoms. The number of benzene rings is 1. The third kappa shape index (κ3) is 4.42.